The molecule has 4 heteroatoms. The predicted octanol–water partition coefficient (Wildman–Crippen LogP) is 3.66. The van der Waals surface area contributed by atoms with Gasteiger partial charge < -0.3 is 5.32 Å². The van der Waals surface area contributed by atoms with E-state index in [1.54, 1.807) is 6.20 Å². The molecule has 19 heavy (non-hydrogen) atoms. The van der Waals surface area contributed by atoms with Crippen LogP contribution in [-0.2, 0) is 11.2 Å². The van der Waals surface area contributed by atoms with Gasteiger partial charge in [-0.3, -0.25) is 9.89 Å². The normalized spacial score (nSPS) is 16.5. The van der Waals surface area contributed by atoms with Crippen LogP contribution in [0, 0.1) is 5.92 Å². The summed E-state index contributed by atoms with van der Waals surface area (Å²) in [6.45, 7) is 2.06. The minimum atomic E-state index is 0.106. The molecule has 0 bridgehead atoms. The molecule has 1 amide bonds. The van der Waals surface area contributed by atoms with Crippen LogP contribution in [0.3, 0.4) is 0 Å². The van der Waals surface area contributed by atoms with Gasteiger partial charge in [-0.15, -0.1) is 0 Å². The number of carbonyl (C=O) groups excluding carboxylic acids is 1. The lowest BCUT2D eigenvalue weighted by Crippen LogP contribution is -2.14. The van der Waals surface area contributed by atoms with Crippen molar-refractivity contribution < 1.29 is 4.79 Å². The molecule has 0 unspecified atom stereocenters. The summed E-state index contributed by atoms with van der Waals surface area (Å²) in [5, 5.41) is 9.73. The van der Waals surface area contributed by atoms with Gasteiger partial charge in [-0.1, -0.05) is 39.0 Å². The Hall–Kier alpha value is -1.32. The van der Waals surface area contributed by atoms with E-state index in [0.29, 0.717) is 6.42 Å². The van der Waals surface area contributed by atoms with Gasteiger partial charge in [0.05, 0.1) is 6.20 Å². The highest BCUT2D eigenvalue weighted by Gasteiger charge is 2.14. The van der Waals surface area contributed by atoms with Crippen LogP contribution in [0.1, 0.15) is 63.9 Å². The van der Waals surface area contributed by atoms with Crippen molar-refractivity contribution >= 4 is 11.7 Å². The van der Waals surface area contributed by atoms with E-state index in [1.807, 2.05) is 0 Å². The lowest BCUT2D eigenvalue weighted by atomic mass is 9.86. The van der Waals surface area contributed by atoms with Gasteiger partial charge in [0.1, 0.15) is 5.82 Å². The summed E-state index contributed by atoms with van der Waals surface area (Å²) in [4.78, 5) is 11.9. The van der Waals surface area contributed by atoms with Crippen molar-refractivity contribution in [3.8, 4) is 0 Å². The number of H-pyrrole nitrogens is 1. The largest absolute Gasteiger partial charge is 0.311 e. The van der Waals surface area contributed by atoms with Gasteiger partial charge >= 0.3 is 0 Å². The van der Waals surface area contributed by atoms with Crippen molar-refractivity contribution in [3.63, 3.8) is 0 Å². The summed E-state index contributed by atoms with van der Waals surface area (Å²) >= 11 is 0. The number of aryl methyl sites for hydroxylation is 1. The second kappa shape index (κ2) is 7.31. The molecule has 0 aromatic carbocycles. The molecule has 2 N–H and O–H groups in total. The summed E-state index contributed by atoms with van der Waals surface area (Å²) in [6.07, 6.45) is 12.4. The molecule has 1 aliphatic rings. The average molecular weight is 263 g/mol. The highest BCUT2D eigenvalue weighted by Crippen LogP contribution is 2.27. The van der Waals surface area contributed by atoms with E-state index >= 15 is 0 Å². The third kappa shape index (κ3) is 4.37. The molecule has 1 aliphatic carbocycles. The average Bonchev–Trinajstić information content (AvgIpc) is 2.87. The van der Waals surface area contributed by atoms with Crippen molar-refractivity contribution in [2.45, 2.75) is 64.7 Å². The van der Waals surface area contributed by atoms with Gasteiger partial charge in [0.15, 0.2) is 0 Å². The van der Waals surface area contributed by atoms with Crippen LogP contribution in [-0.4, -0.2) is 16.1 Å². The smallest absolute Gasteiger partial charge is 0.225 e. The van der Waals surface area contributed by atoms with E-state index in [1.165, 1.54) is 38.5 Å². The molecule has 1 aromatic rings. The number of amides is 1. The monoisotopic (exact) mass is 263 g/mol. The molecule has 4 nitrogen and oxygen atoms in total. The number of aromatic nitrogens is 2. The van der Waals surface area contributed by atoms with Gasteiger partial charge in [0, 0.05) is 12.0 Å². The van der Waals surface area contributed by atoms with Gasteiger partial charge in [-0.05, 0) is 25.2 Å². The lowest BCUT2D eigenvalue weighted by Gasteiger charge is -2.21. The number of nitrogens with one attached hydrogen (secondary N) is 2. The Kier molecular flexibility index (Phi) is 5.43. The first-order valence-corrected chi connectivity index (χ1v) is 7.61. The van der Waals surface area contributed by atoms with Gasteiger partial charge in [0.2, 0.25) is 5.91 Å². The minimum Gasteiger partial charge on any atom is -0.311 e. The van der Waals surface area contributed by atoms with Gasteiger partial charge in [-0.25, -0.2) is 0 Å². The number of hydrogen-bond donors (Lipinski definition) is 2. The summed E-state index contributed by atoms with van der Waals surface area (Å²) in [5.74, 6) is 1.74. The highest BCUT2D eigenvalue weighted by atomic mass is 16.1. The van der Waals surface area contributed by atoms with Crippen molar-refractivity contribution in [1.29, 1.82) is 0 Å². The van der Waals surface area contributed by atoms with E-state index in [9.17, 15) is 4.79 Å². The second-order valence-corrected chi connectivity index (χ2v) is 5.57. The minimum absolute atomic E-state index is 0.106. The molecule has 0 spiro atoms. The Labute approximate surface area is 115 Å². The first-order valence-electron chi connectivity index (χ1n) is 7.61. The standard InChI is InChI=1S/C15H25N3O/c1-2-13-11-16-18-15(13)17-14(19)10-6-9-12-7-4-3-5-8-12/h11-12H,2-10H2,1H3,(H2,16,17,18,19). The predicted molar refractivity (Wildman–Crippen MR) is 77.0 cm³/mol. The van der Waals surface area contributed by atoms with Crippen LogP contribution < -0.4 is 5.32 Å². The Morgan fingerprint density at radius 1 is 1.42 bits per heavy atom. The van der Waals surface area contributed by atoms with Crippen molar-refractivity contribution in [2.24, 2.45) is 5.92 Å². The number of anilines is 1. The maximum atomic E-state index is 11.9. The molecule has 1 heterocycles. The zero-order chi connectivity index (χ0) is 13.5. The fourth-order valence-electron chi connectivity index (χ4n) is 2.92. The zero-order valence-corrected chi connectivity index (χ0v) is 11.9. The van der Waals surface area contributed by atoms with Crippen molar-refractivity contribution in [2.75, 3.05) is 5.32 Å². The Morgan fingerprint density at radius 3 is 2.95 bits per heavy atom. The van der Waals surface area contributed by atoms with Gasteiger partial charge in [0.25, 0.3) is 0 Å². The Balaban J connectivity index is 1.67. The van der Waals surface area contributed by atoms with E-state index in [2.05, 4.69) is 22.4 Å². The fraction of sp³-hybridized carbons (Fsp3) is 0.733. The molecule has 0 atom stereocenters. The second-order valence-electron chi connectivity index (χ2n) is 5.57. The number of rotatable bonds is 6. The summed E-state index contributed by atoms with van der Waals surface area (Å²) in [6, 6.07) is 0. The topological polar surface area (TPSA) is 57.8 Å². The summed E-state index contributed by atoms with van der Waals surface area (Å²) < 4.78 is 0. The Morgan fingerprint density at radius 2 is 2.21 bits per heavy atom. The molecule has 1 saturated carbocycles. The molecule has 1 aromatic heterocycles. The van der Waals surface area contributed by atoms with E-state index in [0.717, 1.165) is 30.1 Å². The third-order valence-corrected chi connectivity index (χ3v) is 4.10. The zero-order valence-electron chi connectivity index (χ0n) is 11.9. The molecule has 0 saturated heterocycles. The number of nitrogens with zero attached hydrogens (tertiary/aromatic N) is 1. The van der Waals surface area contributed by atoms with Crippen LogP contribution in [0.5, 0.6) is 0 Å². The van der Waals surface area contributed by atoms with Crippen LogP contribution in [0.15, 0.2) is 6.20 Å². The number of hydrogen-bond acceptors (Lipinski definition) is 2. The molecule has 1 fully saturated rings. The molecule has 2 rings (SSSR count). The van der Waals surface area contributed by atoms with Crippen LogP contribution >= 0.6 is 0 Å². The van der Waals surface area contributed by atoms with E-state index in [-0.39, 0.29) is 5.91 Å². The quantitative estimate of drug-likeness (QED) is 0.823. The molecule has 0 radical (unpaired) electrons. The first-order chi connectivity index (χ1) is 9.29. The first kappa shape index (κ1) is 14.1. The van der Waals surface area contributed by atoms with Crippen molar-refractivity contribution in [3.05, 3.63) is 11.8 Å². The number of carbonyl (C=O) groups is 1. The van der Waals surface area contributed by atoms with Crippen LogP contribution in [0.25, 0.3) is 0 Å². The maximum absolute atomic E-state index is 11.9. The fourth-order valence-corrected chi connectivity index (χ4v) is 2.92. The van der Waals surface area contributed by atoms with Crippen LogP contribution in [0.2, 0.25) is 0 Å². The van der Waals surface area contributed by atoms with Crippen molar-refractivity contribution in [1.82, 2.24) is 10.2 Å². The third-order valence-electron chi connectivity index (χ3n) is 4.10. The summed E-state index contributed by atoms with van der Waals surface area (Å²) in [5.41, 5.74) is 1.07. The molecule has 0 aliphatic heterocycles. The van der Waals surface area contributed by atoms with E-state index in [4.69, 9.17) is 0 Å². The maximum Gasteiger partial charge on any atom is 0.225 e. The number of aromatic amines is 1. The molecular formula is C15H25N3O. The van der Waals surface area contributed by atoms with Gasteiger partial charge in [-0.2, -0.15) is 5.10 Å². The SMILES string of the molecule is CCc1cn[nH]c1NC(=O)CCCC1CCCCC1. The molecule has 106 valence electrons. The van der Waals surface area contributed by atoms with Crippen LogP contribution in [0.4, 0.5) is 5.82 Å². The lowest BCUT2D eigenvalue weighted by molar-refractivity contribution is -0.116. The molecular weight excluding hydrogens is 238 g/mol. The van der Waals surface area contributed by atoms with E-state index < -0.39 is 0 Å². The Bertz CT molecular complexity index is 394. The highest BCUT2D eigenvalue weighted by molar-refractivity contribution is 5.90. The summed E-state index contributed by atoms with van der Waals surface area (Å²) in [7, 11) is 0.